The third-order valence-electron chi connectivity index (χ3n) is 4.34. The highest BCUT2D eigenvalue weighted by atomic mass is 16.6. The van der Waals surface area contributed by atoms with Crippen molar-refractivity contribution in [2.24, 2.45) is 11.1 Å². The number of hydrogen-bond donors (Lipinski definition) is 1. The number of nitrogens with zero attached hydrogens (tertiary/aromatic N) is 1. The fourth-order valence-corrected chi connectivity index (χ4v) is 2.91. The quantitative estimate of drug-likeness (QED) is 0.615. The van der Waals surface area contributed by atoms with Gasteiger partial charge in [0.15, 0.2) is 18.1 Å². The van der Waals surface area contributed by atoms with Crippen molar-refractivity contribution >= 4 is 12.1 Å². The van der Waals surface area contributed by atoms with Crippen LogP contribution in [-0.2, 0) is 9.63 Å². The van der Waals surface area contributed by atoms with Crippen LogP contribution in [0.25, 0.3) is 0 Å². The van der Waals surface area contributed by atoms with E-state index in [1.807, 2.05) is 6.07 Å². The maximum Gasteiger partial charge on any atom is 0.261 e. The third kappa shape index (κ3) is 5.15. The van der Waals surface area contributed by atoms with E-state index in [4.69, 9.17) is 14.3 Å². The number of ether oxygens (including phenoxy) is 2. The molecule has 1 N–H and O–H groups in total. The van der Waals surface area contributed by atoms with Crippen LogP contribution in [0.1, 0.15) is 38.2 Å². The molecule has 0 heterocycles. The van der Waals surface area contributed by atoms with Crippen LogP contribution in [0.2, 0.25) is 0 Å². The molecule has 0 radical (unpaired) electrons. The van der Waals surface area contributed by atoms with Gasteiger partial charge in [0.1, 0.15) is 0 Å². The second kappa shape index (κ2) is 9.15. The van der Waals surface area contributed by atoms with Crippen molar-refractivity contribution < 1.29 is 19.1 Å². The molecule has 2 atom stereocenters. The molecule has 1 aliphatic carbocycles. The number of carbonyl (C=O) groups excluding carboxylic acids is 1. The molecule has 1 aromatic rings. The summed E-state index contributed by atoms with van der Waals surface area (Å²) in [5, 5.41) is 6.87. The molecular weight excluding hydrogens is 308 g/mol. The van der Waals surface area contributed by atoms with Gasteiger partial charge in [0.25, 0.3) is 5.91 Å². The van der Waals surface area contributed by atoms with Crippen LogP contribution in [0.15, 0.2) is 23.4 Å². The van der Waals surface area contributed by atoms with Gasteiger partial charge in [0, 0.05) is 11.6 Å². The SMILES string of the molecule is COc1ccc(/C=N\OCC(=O)N[C@H]2CCCC[C@H]2C)cc1OC. The molecule has 0 unspecified atom stereocenters. The van der Waals surface area contributed by atoms with Crippen LogP contribution in [-0.4, -0.2) is 39.0 Å². The number of methoxy groups -OCH3 is 2. The third-order valence-corrected chi connectivity index (χ3v) is 4.34. The number of amides is 1. The molecule has 6 nitrogen and oxygen atoms in total. The lowest BCUT2D eigenvalue weighted by Crippen LogP contribution is -2.42. The summed E-state index contributed by atoms with van der Waals surface area (Å²) in [6, 6.07) is 5.66. The number of hydrogen-bond acceptors (Lipinski definition) is 5. The number of oxime groups is 1. The standard InChI is InChI=1S/C18H26N2O4/c1-13-6-4-5-7-15(13)20-18(21)12-24-19-11-14-8-9-16(22-2)17(10-14)23-3/h8-11,13,15H,4-7,12H2,1-3H3,(H,20,21)/b19-11-/t13-,15+/m1/s1. The minimum Gasteiger partial charge on any atom is -0.493 e. The van der Waals surface area contributed by atoms with Crippen molar-refractivity contribution in [2.75, 3.05) is 20.8 Å². The number of benzene rings is 1. The van der Waals surface area contributed by atoms with Crippen molar-refractivity contribution in [1.29, 1.82) is 0 Å². The van der Waals surface area contributed by atoms with Crippen molar-refractivity contribution in [3.05, 3.63) is 23.8 Å². The van der Waals surface area contributed by atoms with E-state index >= 15 is 0 Å². The zero-order chi connectivity index (χ0) is 17.4. The van der Waals surface area contributed by atoms with Crippen molar-refractivity contribution in [2.45, 2.75) is 38.6 Å². The molecule has 1 saturated carbocycles. The highest BCUT2D eigenvalue weighted by molar-refractivity contribution is 5.81. The molecule has 1 fully saturated rings. The van der Waals surface area contributed by atoms with Crippen molar-refractivity contribution in [3.8, 4) is 11.5 Å². The molecule has 0 aromatic heterocycles. The average molecular weight is 334 g/mol. The van der Waals surface area contributed by atoms with E-state index in [0.717, 1.165) is 12.0 Å². The highest BCUT2D eigenvalue weighted by Gasteiger charge is 2.22. The summed E-state index contributed by atoms with van der Waals surface area (Å²) in [5.74, 6) is 1.67. The van der Waals surface area contributed by atoms with Crippen LogP contribution < -0.4 is 14.8 Å². The molecule has 0 bridgehead atoms. The average Bonchev–Trinajstić information content (AvgIpc) is 2.60. The molecule has 132 valence electrons. The molecule has 0 saturated heterocycles. The fraction of sp³-hybridized carbons (Fsp3) is 0.556. The number of carbonyl (C=O) groups is 1. The summed E-state index contributed by atoms with van der Waals surface area (Å²) in [6.45, 7) is 2.10. The Kier molecular flexibility index (Phi) is 6.90. The fourth-order valence-electron chi connectivity index (χ4n) is 2.91. The maximum absolute atomic E-state index is 11.9. The Hall–Kier alpha value is -2.24. The van der Waals surface area contributed by atoms with Crippen LogP contribution in [0, 0.1) is 5.92 Å². The van der Waals surface area contributed by atoms with E-state index in [2.05, 4.69) is 17.4 Å². The molecule has 1 aromatic carbocycles. The zero-order valence-electron chi connectivity index (χ0n) is 14.6. The van der Waals surface area contributed by atoms with Crippen LogP contribution >= 0.6 is 0 Å². The Morgan fingerprint density at radius 1 is 1.25 bits per heavy atom. The first-order valence-electron chi connectivity index (χ1n) is 8.30. The predicted octanol–water partition coefficient (Wildman–Crippen LogP) is 2.75. The van der Waals surface area contributed by atoms with Gasteiger partial charge in [-0.3, -0.25) is 4.79 Å². The first-order chi connectivity index (χ1) is 11.6. The molecular formula is C18H26N2O4. The summed E-state index contributed by atoms with van der Waals surface area (Å²) in [6.07, 6.45) is 6.18. The van der Waals surface area contributed by atoms with Crippen LogP contribution in [0.3, 0.4) is 0 Å². The summed E-state index contributed by atoms with van der Waals surface area (Å²) in [5.41, 5.74) is 0.800. The van der Waals surface area contributed by atoms with Crippen LogP contribution in [0.5, 0.6) is 11.5 Å². The Bertz CT molecular complexity index is 574. The molecule has 0 aliphatic heterocycles. The molecule has 1 amide bonds. The van der Waals surface area contributed by atoms with Crippen molar-refractivity contribution in [1.82, 2.24) is 5.32 Å². The van der Waals surface area contributed by atoms with Gasteiger partial charge < -0.3 is 19.6 Å². The first kappa shape index (κ1) is 18.1. The van der Waals surface area contributed by atoms with Gasteiger partial charge in [-0.2, -0.15) is 0 Å². The molecule has 24 heavy (non-hydrogen) atoms. The van der Waals surface area contributed by atoms with E-state index in [9.17, 15) is 4.79 Å². The van der Waals surface area contributed by atoms with Gasteiger partial charge in [-0.15, -0.1) is 0 Å². The lowest BCUT2D eigenvalue weighted by atomic mass is 9.86. The second-order valence-electron chi connectivity index (χ2n) is 6.06. The van der Waals surface area contributed by atoms with Gasteiger partial charge in [0.2, 0.25) is 0 Å². The maximum atomic E-state index is 11.9. The Morgan fingerprint density at radius 3 is 2.71 bits per heavy atom. The Labute approximate surface area is 143 Å². The normalized spacial score (nSPS) is 20.6. The molecule has 6 heteroatoms. The topological polar surface area (TPSA) is 69.2 Å². The van der Waals surface area contributed by atoms with E-state index < -0.39 is 0 Å². The van der Waals surface area contributed by atoms with Gasteiger partial charge in [0.05, 0.1) is 20.4 Å². The van der Waals surface area contributed by atoms with Crippen molar-refractivity contribution in [3.63, 3.8) is 0 Å². The second-order valence-corrected chi connectivity index (χ2v) is 6.06. The smallest absolute Gasteiger partial charge is 0.261 e. The monoisotopic (exact) mass is 334 g/mol. The summed E-state index contributed by atoms with van der Waals surface area (Å²) in [4.78, 5) is 17.0. The molecule has 0 spiro atoms. The largest absolute Gasteiger partial charge is 0.493 e. The minimum absolute atomic E-state index is 0.0764. The summed E-state index contributed by atoms with van der Waals surface area (Å²) in [7, 11) is 3.16. The van der Waals surface area contributed by atoms with Gasteiger partial charge in [-0.25, -0.2) is 0 Å². The molecule has 1 aliphatic rings. The van der Waals surface area contributed by atoms with E-state index in [0.29, 0.717) is 17.4 Å². The summed E-state index contributed by atoms with van der Waals surface area (Å²) >= 11 is 0. The van der Waals surface area contributed by atoms with E-state index in [-0.39, 0.29) is 18.6 Å². The minimum atomic E-state index is -0.127. The lowest BCUT2D eigenvalue weighted by Gasteiger charge is -2.29. The first-order valence-corrected chi connectivity index (χ1v) is 8.30. The zero-order valence-corrected chi connectivity index (χ0v) is 14.6. The number of rotatable bonds is 7. The molecule has 2 rings (SSSR count). The highest BCUT2D eigenvalue weighted by Crippen LogP contribution is 2.27. The summed E-state index contributed by atoms with van der Waals surface area (Å²) < 4.78 is 10.4. The predicted molar refractivity (Wildman–Crippen MR) is 92.7 cm³/mol. The number of nitrogens with one attached hydrogen (secondary N) is 1. The van der Waals surface area contributed by atoms with E-state index in [1.54, 1.807) is 32.6 Å². The van der Waals surface area contributed by atoms with E-state index in [1.165, 1.54) is 19.3 Å². The van der Waals surface area contributed by atoms with Gasteiger partial charge in [-0.05, 0) is 37.0 Å². The lowest BCUT2D eigenvalue weighted by molar-refractivity contribution is -0.126. The van der Waals surface area contributed by atoms with Crippen LogP contribution in [0.4, 0.5) is 0 Å². The Balaban J connectivity index is 1.78. The Morgan fingerprint density at radius 2 is 2.00 bits per heavy atom. The van der Waals surface area contributed by atoms with Gasteiger partial charge in [-0.1, -0.05) is 24.9 Å². The van der Waals surface area contributed by atoms with Gasteiger partial charge >= 0.3 is 0 Å².